The summed E-state index contributed by atoms with van der Waals surface area (Å²) in [5.74, 6) is 0.621. The lowest BCUT2D eigenvalue weighted by Crippen LogP contribution is -2.36. The molecule has 0 atom stereocenters. The first-order valence-electron chi connectivity index (χ1n) is 7.12. The molecule has 0 amide bonds. The van der Waals surface area contributed by atoms with Gasteiger partial charge in [0.1, 0.15) is 5.69 Å². The van der Waals surface area contributed by atoms with E-state index in [4.69, 9.17) is 0 Å². The third-order valence-corrected chi connectivity index (χ3v) is 4.17. The van der Waals surface area contributed by atoms with Crippen LogP contribution in [-0.4, -0.2) is 43.6 Å². The normalized spacial score (nSPS) is 17.1. The van der Waals surface area contributed by atoms with Crippen LogP contribution in [0.15, 0.2) is 18.2 Å². The van der Waals surface area contributed by atoms with Crippen molar-refractivity contribution in [2.24, 2.45) is 5.92 Å². The zero-order valence-corrected chi connectivity index (χ0v) is 12.5. The highest BCUT2D eigenvalue weighted by Crippen LogP contribution is 2.32. The predicted molar refractivity (Wildman–Crippen MR) is 81.3 cm³/mol. The summed E-state index contributed by atoms with van der Waals surface area (Å²) >= 11 is 0. The lowest BCUT2D eigenvalue weighted by atomic mass is 9.96. The molecule has 1 saturated heterocycles. The highest BCUT2D eigenvalue weighted by Gasteiger charge is 2.23. The molecule has 0 aromatic heterocycles. The minimum absolute atomic E-state index is 0.209. The number of anilines is 1. The van der Waals surface area contributed by atoms with Crippen molar-refractivity contribution in [1.29, 1.82) is 0 Å². The van der Waals surface area contributed by atoms with E-state index in [1.165, 1.54) is 12.8 Å². The number of benzene rings is 1. The highest BCUT2D eigenvalue weighted by atomic mass is 16.6. The minimum atomic E-state index is -0.284. The van der Waals surface area contributed by atoms with E-state index in [2.05, 4.69) is 16.8 Å². The molecule has 2 rings (SSSR count). The molecule has 1 aliphatic rings. The summed E-state index contributed by atoms with van der Waals surface area (Å²) in [6.07, 6.45) is 2.33. The van der Waals surface area contributed by atoms with Gasteiger partial charge >= 0.3 is 0 Å². The molecule has 1 aliphatic heterocycles. The third-order valence-electron chi connectivity index (χ3n) is 4.17. The van der Waals surface area contributed by atoms with Gasteiger partial charge in [-0.15, -0.1) is 0 Å². The zero-order chi connectivity index (χ0) is 14.7. The molecule has 5 heteroatoms. The number of nitro groups is 1. The Labute approximate surface area is 120 Å². The van der Waals surface area contributed by atoms with Crippen molar-refractivity contribution in [2.75, 3.05) is 38.6 Å². The number of para-hydroxylation sites is 1. The second kappa shape index (κ2) is 6.22. The zero-order valence-electron chi connectivity index (χ0n) is 12.5. The Balaban J connectivity index is 2.13. The fraction of sp³-hybridized carbons (Fsp3) is 0.600. The standard InChI is InChI=1S/C15H23N3O2/c1-12-5-4-6-14(18(19)20)15(12)17(3)11-13-7-9-16(2)10-8-13/h4-6,13H,7-11H2,1-3H3. The number of piperidine rings is 1. The second-order valence-corrected chi connectivity index (χ2v) is 5.83. The van der Waals surface area contributed by atoms with Crippen LogP contribution in [0, 0.1) is 23.0 Å². The van der Waals surface area contributed by atoms with Gasteiger partial charge in [-0.25, -0.2) is 0 Å². The summed E-state index contributed by atoms with van der Waals surface area (Å²) in [7, 11) is 4.11. The molecule has 0 aliphatic carbocycles. The van der Waals surface area contributed by atoms with Crippen LogP contribution in [-0.2, 0) is 0 Å². The van der Waals surface area contributed by atoms with E-state index in [-0.39, 0.29) is 10.6 Å². The van der Waals surface area contributed by atoms with Crippen LogP contribution >= 0.6 is 0 Å². The Bertz CT molecular complexity index is 482. The number of nitro benzene ring substituents is 1. The van der Waals surface area contributed by atoms with Crippen LogP contribution in [0.3, 0.4) is 0 Å². The van der Waals surface area contributed by atoms with Gasteiger partial charge in [0.25, 0.3) is 5.69 Å². The highest BCUT2D eigenvalue weighted by molar-refractivity contribution is 5.67. The van der Waals surface area contributed by atoms with Gasteiger partial charge in [-0.2, -0.15) is 0 Å². The van der Waals surface area contributed by atoms with Gasteiger partial charge < -0.3 is 9.80 Å². The Morgan fingerprint density at radius 1 is 1.40 bits per heavy atom. The molecule has 0 radical (unpaired) electrons. The molecular formula is C15H23N3O2. The maximum Gasteiger partial charge on any atom is 0.292 e. The van der Waals surface area contributed by atoms with Crippen LogP contribution in [0.25, 0.3) is 0 Å². The fourth-order valence-corrected chi connectivity index (χ4v) is 3.01. The Morgan fingerprint density at radius 3 is 2.65 bits per heavy atom. The predicted octanol–water partition coefficient (Wildman–Crippen LogP) is 2.68. The van der Waals surface area contributed by atoms with Gasteiger partial charge in [0, 0.05) is 19.7 Å². The Hall–Kier alpha value is -1.62. The fourth-order valence-electron chi connectivity index (χ4n) is 3.01. The van der Waals surface area contributed by atoms with Crippen LogP contribution in [0.2, 0.25) is 0 Å². The van der Waals surface area contributed by atoms with E-state index in [9.17, 15) is 10.1 Å². The average Bonchev–Trinajstić information content (AvgIpc) is 2.40. The van der Waals surface area contributed by atoms with E-state index in [0.717, 1.165) is 30.9 Å². The number of hydrogen-bond donors (Lipinski definition) is 0. The molecule has 1 heterocycles. The molecular weight excluding hydrogens is 254 g/mol. The molecule has 0 spiro atoms. The minimum Gasteiger partial charge on any atom is -0.369 e. The van der Waals surface area contributed by atoms with Gasteiger partial charge in [0.15, 0.2) is 0 Å². The van der Waals surface area contributed by atoms with Crippen molar-refractivity contribution in [3.05, 3.63) is 33.9 Å². The second-order valence-electron chi connectivity index (χ2n) is 5.83. The average molecular weight is 277 g/mol. The molecule has 1 fully saturated rings. The van der Waals surface area contributed by atoms with Crippen LogP contribution in [0.5, 0.6) is 0 Å². The molecule has 1 aromatic carbocycles. The SMILES string of the molecule is Cc1cccc([N+](=O)[O-])c1N(C)CC1CCN(C)CC1. The van der Waals surface area contributed by atoms with Gasteiger partial charge in [0.2, 0.25) is 0 Å². The smallest absolute Gasteiger partial charge is 0.292 e. The maximum absolute atomic E-state index is 11.2. The third kappa shape index (κ3) is 3.28. The van der Waals surface area contributed by atoms with Gasteiger partial charge in [0.05, 0.1) is 4.92 Å². The number of hydrogen-bond acceptors (Lipinski definition) is 4. The summed E-state index contributed by atoms with van der Waals surface area (Å²) in [5.41, 5.74) is 1.94. The van der Waals surface area contributed by atoms with Crippen molar-refractivity contribution in [2.45, 2.75) is 19.8 Å². The van der Waals surface area contributed by atoms with Crippen molar-refractivity contribution >= 4 is 11.4 Å². The van der Waals surface area contributed by atoms with E-state index in [1.807, 2.05) is 20.0 Å². The van der Waals surface area contributed by atoms with Crippen molar-refractivity contribution in [3.63, 3.8) is 0 Å². The molecule has 110 valence electrons. The monoisotopic (exact) mass is 277 g/mol. The van der Waals surface area contributed by atoms with E-state index in [0.29, 0.717) is 5.92 Å². The maximum atomic E-state index is 11.2. The first-order chi connectivity index (χ1) is 9.49. The Kier molecular flexibility index (Phi) is 4.60. The largest absolute Gasteiger partial charge is 0.369 e. The van der Waals surface area contributed by atoms with Crippen LogP contribution < -0.4 is 4.90 Å². The van der Waals surface area contributed by atoms with Crippen molar-refractivity contribution in [1.82, 2.24) is 4.90 Å². The van der Waals surface area contributed by atoms with E-state index >= 15 is 0 Å². The van der Waals surface area contributed by atoms with Crippen molar-refractivity contribution < 1.29 is 4.92 Å². The first-order valence-corrected chi connectivity index (χ1v) is 7.12. The van der Waals surface area contributed by atoms with Crippen molar-refractivity contribution in [3.8, 4) is 0 Å². The quantitative estimate of drug-likeness (QED) is 0.627. The summed E-state index contributed by atoms with van der Waals surface area (Å²) in [4.78, 5) is 15.3. The molecule has 0 unspecified atom stereocenters. The molecule has 0 N–H and O–H groups in total. The lowest BCUT2D eigenvalue weighted by Gasteiger charge is -2.32. The molecule has 0 bridgehead atoms. The number of nitrogens with zero attached hydrogens (tertiary/aromatic N) is 3. The van der Waals surface area contributed by atoms with E-state index < -0.39 is 0 Å². The van der Waals surface area contributed by atoms with E-state index in [1.54, 1.807) is 12.1 Å². The summed E-state index contributed by atoms with van der Waals surface area (Å²) in [6, 6.07) is 5.28. The van der Waals surface area contributed by atoms with Gasteiger partial charge in [-0.05, 0) is 51.4 Å². The first kappa shape index (κ1) is 14.8. The van der Waals surface area contributed by atoms with Gasteiger partial charge in [-0.3, -0.25) is 10.1 Å². The van der Waals surface area contributed by atoms with Gasteiger partial charge in [-0.1, -0.05) is 12.1 Å². The molecule has 20 heavy (non-hydrogen) atoms. The summed E-state index contributed by atoms with van der Waals surface area (Å²) in [5, 5.41) is 11.2. The lowest BCUT2D eigenvalue weighted by molar-refractivity contribution is -0.384. The van der Waals surface area contributed by atoms with Crippen LogP contribution in [0.1, 0.15) is 18.4 Å². The number of rotatable bonds is 4. The topological polar surface area (TPSA) is 49.6 Å². The molecule has 1 aromatic rings. The number of likely N-dealkylation sites (tertiary alicyclic amines) is 1. The Morgan fingerprint density at radius 2 is 2.05 bits per heavy atom. The summed E-state index contributed by atoms with van der Waals surface area (Å²) in [6.45, 7) is 5.07. The molecule has 0 saturated carbocycles. The molecule has 5 nitrogen and oxygen atoms in total. The van der Waals surface area contributed by atoms with Crippen LogP contribution in [0.4, 0.5) is 11.4 Å². The summed E-state index contributed by atoms with van der Waals surface area (Å²) < 4.78 is 0. The number of aryl methyl sites for hydroxylation is 1.